The van der Waals surface area contributed by atoms with Gasteiger partial charge in [0.2, 0.25) is 0 Å². The van der Waals surface area contributed by atoms with Gasteiger partial charge in [-0.05, 0) is 84.3 Å². The highest BCUT2D eigenvalue weighted by Gasteiger charge is 2.18. The number of amidine groups is 1. The lowest BCUT2D eigenvalue weighted by molar-refractivity contribution is 1.42. The Labute approximate surface area is 282 Å². The first-order valence-corrected chi connectivity index (χ1v) is 16.2. The van der Waals surface area contributed by atoms with Crippen molar-refractivity contribution in [2.24, 2.45) is 5.73 Å². The minimum atomic E-state index is 0.121. The predicted octanol–water partition coefficient (Wildman–Crippen LogP) is 12.2. The first-order chi connectivity index (χ1) is 23.5. The Morgan fingerprint density at radius 2 is 0.938 bits per heavy atom. The number of fused-ring (bicyclic) bond motifs is 3. The molecule has 0 fully saturated rings. The summed E-state index contributed by atoms with van der Waals surface area (Å²) >= 11 is 0. The normalized spacial score (nSPS) is 10.9. The Balaban J connectivity index is 0.000000353. The van der Waals surface area contributed by atoms with Gasteiger partial charge in [-0.2, -0.15) is 0 Å². The van der Waals surface area contributed by atoms with Crippen molar-refractivity contribution in [3.8, 4) is 33.4 Å². The van der Waals surface area contributed by atoms with Crippen LogP contribution in [0, 0.1) is 5.41 Å². The van der Waals surface area contributed by atoms with Crippen LogP contribution in [-0.2, 0) is 0 Å². The molecule has 8 rings (SSSR count). The molecule has 0 bridgehead atoms. The fourth-order valence-electron chi connectivity index (χ4n) is 6.73. The molecule has 0 aliphatic carbocycles. The van der Waals surface area contributed by atoms with Crippen molar-refractivity contribution in [2.45, 2.75) is 6.92 Å². The molecule has 2 nitrogen and oxygen atoms in total. The van der Waals surface area contributed by atoms with Crippen LogP contribution in [0.15, 0.2) is 176 Å². The van der Waals surface area contributed by atoms with Crippen LogP contribution in [0.3, 0.4) is 0 Å². The van der Waals surface area contributed by atoms with Crippen LogP contribution in [0.4, 0.5) is 0 Å². The van der Waals surface area contributed by atoms with E-state index >= 15 is 0 Å². The topological polar surface area (TPSA) is 49.9 Å². The number of benzene rings is 8. The Morgan fingerprint density at radius 3 is 1.50 bits per heavy atom. The van der Waals surface area contributed by atoms with Crippen LogP contribution in [0.2, 0.25) is 0 Å². The number of nitrogens with one attached hydrogen (secondary N) is 1. The zero-order valence-corrected chi connectivity index (χ0v) is 27.0. The Kier molecular flexibility index (Phi) is 8.38. The average molecular weight is 617 g/mol. The molecule has 48 heavy (non-hydrogen) atoms. The van der Waals surface area contributed by atoms with E-state index < -0.39 is 0 Å². The molecular weight excluding hydrogens is 581 g/mol. The summed E-state index contributed by atoms with van der Waals surface area (Å²) in [5.74, 6) is 0.121. The lowest BCUT2D eigenvalue weighted by Crippen LogP contribution is -2.10. The highest BCUT2D eigenvalue weighted by molar-refractivity contribution is 6.22. The van der Waals surface area contributed by atoms with E-state index in [9.17, 15) is 0 Å². The van der Waals surface area contributed by atoms with Gasteiger partial charge in [-0.15, -0.1) is 0 Å². The molecule has 3 N–H and O–H groups in total. The van der Waals surface area contributed by atoms with Crippen molar-refractivity contribution < 1.29 is 0 Å². The molecular formula is C46H36N2. The van der Waals surface area contributed by atoms with Gasteiger partial charge < -0.3 is 5.73 Å². The summed E-state index contributed by atoms with van der Waals surface area (Å²) in [5.41, 5.74) is 15.8. The van der Waals surface area contributed by atoms with E-state index in [1.807, 2.05) is 30.3 Å². The van der Waals surface area contributed by atoms with Gasteiger partial charge in [0.25, 0.3) is 0 Å². The van der Waals surface area contributed by atoms with Gasteiger partial charge in [-0.25, -0.2) is 0 Å². The second kappa shape index (κ2) is 13.2. The molecule has 0 aliphatic rings. The highest BCUT2D eigenvalue weighted by atomic mass is 14.7. The van der Waals surface area contributed by atoms with E-state index in [4.69, 9.17) is 11.1 Å². The summed E-state index contributed by atoms with van der Waals surface area (Å²) in [6.07, 6.45) is 0. The number of hydrogen-bond donors (Lipinski definition) is 2. The van der Waals surface area contributed by atoms with Crippen molar-refractivity contribution in [1.29, 1.82) is 5.41 Å². The Morgan fingerprint density at radius 1 is 0.458 bits per heavy atom. The molecule has 2 heteroatoms. The third kappa shape index (κ3) is 5.77. The van der Waals surface area contributed by atoms with Gasteiger partial charge >= 0.3 is 0 Å². The van der Waals surface area contributed by atoms with E-state index in [1.54, 1.807) is 0 Å². The van der Waals surface area contributed by atoms with Gasteiger partial charge in [0.1, 0.15) is 5.84 Å². The number of nitrogen functional groups attached to an aromatic ring is 1. The average Bonchev–Trinajstić information content (AvgIpc) is 3.14. The summed E-state index contributed by atoms with van der Waals surface area (Å²) in [7, 11) is 0. The van der Waals surface area contributed by atoms with Gasteiger partial charge in [0, 0.05) is 5.56 Å². The molecule has 0 saturated carbocycles. The van der Waals surface area contributed by atoms with E-state index in [1.165, 1.54) is 71.3 Å². The first-order valence-electron chi connectivity index (χ1n) is 16.2. The third-order valence-electron chi connectivity index (χ3n) is 8.93. The Hall–Kier alpha value is -6.25. The molecule has 0 radical (unpaired) electrons. The van der Waals surface area contributed by atoms with Gasteiger partial charge in [-0.3, -0.25) is 5.41 Å². The van der Waals surface area contributed by atoms with Gasteiger partial charge in [-0.1, -0.05) is 176 Å². The van der Waals surface area contributed by atoms with Crippen LogP contribution in [0.25, 0.3) is 71.3 Å². The molecule has 0 aromatic heterocycles. The van der Waals surface area contributed by atoms with Crippen molar-refractivity contribution in [1.82, 2.24) is 0 Å². The molecule has 0 saturated heterocycles. The monoisotopic (exact) mass is 616 g/mol. The predicted molar refractivity (Wildman–Crippen MR) is 207 cm³/mol. The van der Waals surface area contributed by atoms with Crippen molar-refractivity contribution in [3.05, 3.63) is 188 Å². The summed E-state index contributed by atoms with van der Waals surface area (Å²) in [5, 5.41) is 14.6. The maximum absolute atomic E-state index is 7.01. The van der Waals surface area contributed by atoms with Crippen LogP contribution in [0.5, 0.6) is 0 Å². The fourth-order valence-corrected chi connectivity index (χ4v) is 6.73. The van der Waals surface area contributed by atoms with Crippen LogP contribution < -0.4 is 5.73 Å². The minimum absolute atomic E-state index is 0.121. The van der Waals surface area contributed by atoms with Gasteiger partial charge in [0.05, 0.1) is 0 Å². The zero-order chi connectivity index (χ0) is 33.0. The molecule has 0 atom stereocenters. The maximum atomic E-state index is 7.01. The van der Waals surface area contributed by atoms with E-state index in [2.05, 4.69) is 153 Å². The summed E-state index contributed by atoms with van der Waals surface area (Å²) in [6, 6.07) is 59.9. The number of allylic oxidation sites excluding steroid dienone is 1. The lowest BCUT2D eigenvalue weighted by atomic mass is 9.84. The molecule has 8 aromatic carbocycles. The smallest absolute Gasteiger partial charge is 0.122 e. The summed E-state index contributed by atoms with van der Waals surface area (Å²) in [4.78, 5) is 0. The van der Waals surface area contributed by atoms with Crippen molar-refractivity contribution >= 4 is 43.7 Å². The molecule has 230 valence electrons. The van der Waals surface area contributed by atoms with E-state index in [-0.39, 0.29) is 5.84 Å². The largest absolute Gasteiger partial charge is 0.384 e. The number of nitrogens with two attached hydrogens (primary N) is 1. The van der Waals surface area contributed by atoms with E-state index in [0.29, 0.717) is 0 Å². The summed E-state index contributed by atoms with van der Waals surface area (Å²) in [6.45, 7) is 6.31. The van der Waals surface area contributed by atoms with Gasteiger partial charge in [0.15, 0.2) is 0 Å². The SMILES string of the molecule is C=C(C)c1cccc2c(-c3ccc4c(-c5ccccc5)c5ccccc5c(-c5ccccc5)c4c3)cccc12.N=C(N)c1ccccc1. The molecule has 8 aromatic rings. The second-order valence-electron chi connectivity index (χ2n) is 12.1. The third-order valence-corrected chi connectivity index (χ3v) is 8.93. The fraction of sp³-hybridized carbons (Fsp3) is 0.0217. The van der Waals surface area contributed by atoms with Crippen molar-refractivity contribution in [2.75, 3.05) is 0 Å². The first kappa shape index (κ1) is 30.4. The van der Waals surface area contributed by atoms with Crippen LogP contribution in [-0.4, -0.2) is 5.84 Å². The standard InChI is InChI=1S/C39H28.C7H8N2/c1-26(2)30-19-11-22-33-31(20-12-21-32(30)33)29-23-24-36-37(25-29)39(28-15-7-4-8-16-28)35-18-10-9-17-34(35)38(36)27-13-5-3-6-14-27;8-7(9)6-4-2-1-3-5-6/h3-25H,1H2,2H3;1-5H,(H3,8,9). The maximum Gasteiger partial charge on any atom is 0.122 e. The van der Waals surface area contributed by atoms with Crippen molar-refractivity contribution in [3.63, 3.8) is 0 Å². The molecule has 0 heterocycles. The molecule has 0 amide bonds. The minimum Gasteiger partial charge on any atom is -0.384 e. The number of hydrogen-bond acceptors (Lipinski definition) is 1. The molecule has 0 unspecified atom stereocenters. The molecule has 0 spiro atoms. The van der Waals surface area contributed by atoms with Crippen LogP contribution in [0.1, 0.15) is 18.1 Å². The summed E-state index contributed by atoms with van der Waals surface area (Å²) < 4.78 is 0. The van der Waals surface area contributed by atoms with E-state index in [0.717, 1.165) is 11.1 Å². The van der Waals surface area contributed by atoms with Crippen LogP contribution >= 0.6 is 0 Å². The Bertz CT molecular complexity index is 2430. The quantitative estimate of drug-likeness (QED) is 0.113. The molecule has 0 aliphatic heterocycles. The highest BCUT2D eigenvalue weighted by Crippen LogP contribution is 2.45. The number of rotatable bonds is 5. The zero-order valence-electron chi connectivity index (χ0n) is 27.0. The lowest BCUT2D eigenvalue weighted by Gasteiger charge is -2.19. The second-order valence-corrected chi connectivity index (χ2v) is 12.1.